The molecule has 0 aliphatic rings. The van der Waals surface area contributed by atoms with Crippen molar-refractivity contribution in [2.75, 3.05) is 11.1 Å². The molecule has 6 nitrogen and oxygen atoms in total. The number of benzene rings is 1. The lowest BCUT2D eigenvalue weighted by Crippen LogP contribution is -2.11. The molecule has 0 unspecified atom stereocenters. The second-order valence-electron chi connectivity index (χ2n) is 4.06. The quantitative estimate of drug-likeness (QED) is 0.627. The van der Waals surface area contributed by atoms with Crippen LogP contribution in [0.4, 0.5) is 5.13 Å². The molecule has 1 amide bonds. The topological polar surface area (TPSA) is 92.2 Å². The molecule has 0 saturated carbocycles. The number of amides is 1. The molecule has 2 rings (SSSR count). The van der Waals surface area contributed by atoms with Gasteiger partial charge in [0.2, 0.25) is 5.13 Å². The zero-order valence-electron chi connectivity index (χ0n) is 11.2. The zero-order chi connectivity index (χ0) is 15.2. The lowest BCUT2D eigenvalue weighted by atomic mass is 10.1. The van der Waals surface area contributed by atoms with E-state index < -0.39 is 5.97 Å². The first-order chi connectivity index (χ1) is 10.1. The van der Waals surface area contributed by atoms with E-state index in [2.05, 4.69) is 15.5 Å². The van der Waals surface area contributed by atoms with Gasteiger partial charge in [0.05, 0.1) is 5.75 Å². The number of aliphatic carboxylic acids is 1. The Morgan fingerprint density at radius 3 is 2.62 bits per heavy atom. The van der Waals surface area contributed by atoms with E-state index in [0.717, 1.165) is 35.1 Å². The number of thioether (sulfide) groups is 1. The largest absolute Gasteiger partial charge is 0.481 e. The van der Waals surface area contributed by atoms with Crippen LogP contribution in [0, 0.1) is 0 Å². The van der Waals surface area contributed by atoms with Crippen LogP contribution < -0.4 is 5.32 Å². The number of carboxylic acid groups (broad SMARTS) is 1. The molecule has 0 aliphatic heterocycles. The van der Waals surface area contributed by atoms with Gasteiger partial charge in [0.15, 0.2) is 4.34 Å². The Balaban J connectivity index is 1.97. The van der Waals surface area contributed by atoms with E-state index in [0.29, 0.717) is 15.0 Å². The van der Waals surface area contributed by atoms with Crippen LogP contribution in [0.2, 0.25) is 0 Å². The number of rotatable bonds is 6. The van der Waals surface area contributed by atoms with Crippen molar-refractivity contribution in [3.8, 4) is 0 Å². The minimum Gasteiger partial charge on any atom is -0.481 e. The van der Waals surface area contributed by atoms with Gasteiger partial charge in [-0.15, -0.1) is 10.2 Å². The fourth-order valence-electron chi connectivity index (χ4n) is 1.50. The molecule has 2 aromatic rings. The zero-order valence-corrected chi connectivity index (χ0v) is 12.8. The fourth-order valence-corrected chi connectivity index (χ4v) is 2.97. The average Bonchev–Trinajstić information content (AvgIpc) is 2.92. The Bertz CT molecular complexity index is 640. The molecular weight excluding hydrogens is 310 g/mol. The molecule has 8 heteroatoms. The van der Waals surface area contributed by atoms with Crippen molar-refractivity contribution in [1.29, 1.82) is 0 Å². The van der Waals surface area contributed by atoms with E-state index >= 15 is 0 Å². The maximum absolute atomic E-state index is 12.0. The summed E-state index contributed by atoms with van der Waals surface area (Å²) < 4.78 is 0.508. The maximum Gasteiger partial charge on any atom is 0.313 e. The highest BCUT2D eigenvalue weighted by Gasteiger charge is 2.11. The monoisotopic (exact) mass is 323 g/mol. The van der Waals surface area contributed by atoms with E-state index in [4.69, 9.17) is 5.11 Å². The molecule has 0 radical (unpaired) electrons. The van der Waals surface area contributed by atoms with Gasteiger partial charge in [-0.25, -0.2) is 0 Å². The van der Waals surface area contributed by atoms with Gasteiger partial charge >= 0.3 is 5.97 Å². The Kier molecular flexibility index (Phi) is 5.29. The summed E-state index contributed by atoms with van der Waals surface area (Å²) in [6, 6.07) is 7.33. The van der Waals surface area contributed by atoms with Gasteiger partial charge in [0.25, 0.3) is 5.91 Å². The summed E-state index contributed by atoms with van der Waals surface area (Å²) in [7, 11) is 0. The van der Waals surface area contributed by atoms with Crippen molar-refractivity contribution in [3.63, 3.8) is 0 Å². The Labute approximate surface area is 129 Å². The number of hydrogen-bond acceptors (Lipinski definition) is 6. The van der Waals surface area contributed by atoms with Crippen molar-refractivity contribution in [2.24, 2.45) is 0 Å². The predicted octanol–water partition coefficient (Wildman–Crippen LogP) is 2.53. The summed E-state index contributed by atoms with van der Waals surface area (Å²) in [5.74, 6) is -1.26. The molecule has 1 heterocycles. The van der Waals surface area contributed by atoms with E-state index in [9.17, 15) is 9.59 Å². The van der Waals surface area contributed by atoms with Crippen molar-refractivity contribution >= 4 is 40.1 Å². The summed E-state index contributed by atoms with van der Waals surface area (Å²) >= 11 is 2.22. The van der Waals surface area contributed by atoms with Crippen LogP contribution in [0.25, 0.3) is 0 Å². The van der Waals surface area contributed by atoms with Gasteiger partial charge in [-0.3, -0.25) is 14.9 Å². The number of hydrogen-bond donors (Lipinski definition) is 2. The van der Waals surface area contributed by atoms with Crippen molar-refractivity contribution < 1.29 is 14.7 Å². The lowest BCUT2D eigenvalue weighted by molar-refractivity contribution is -0.133. The van der Waals surface area contributed by atoms with Crippen LogP contribution in [0.5, 0.6) is 0 Å². The number of carbonyl (C=O) groups excluding carboxylic acids is 1. The molecule has 0 aliphatic carbocycles. The Morgan fingerprint density at radius 2 is 2.00 bits per heavy atom. The minimum absolute atomic E-state index is 0.0823. The molecule has 110 valence electrons. The average molecular weight is 323 g/mol. The van der Waals surface area contributed by atoms with Crippen molar-refractivity contribution in [2.45, 2.75) is 17.7 Å². The van der Waals surface area contributed by atoms with Crippen LogP contribution in [0.1, 0.15) is 22.8 Å². The normalized spacial score (nSPS) is 10.3. The van der Waals surface area contributed by atoms with Crippen molar-refractivity contribution in [3.05, 3.63) is 35.4 Å². The van der Waals surface area contributed by atoms with Gasteiger partial charge in [-0.1, -0.05) is 42.2 Å². The Morgan fingerprint density at radius 1 is 1.29 bits per heavy atom. The SMILES string of the molecule is CCc1ccc(C(=O)Nc2nnc(SCC(=O)O)s2)cc1. The van der Waals surface area contributed by atoms with Gasteiger partial charge in [-0.05, 0) is 24.1 Å². The number of nitrogens with one attached hydrogen (secondary N) is 1. The van der Waals surface area contributed by atoms with Gasteiger partial charge < -0.3 is 5.11 Å². The highest BCUT2D eigenvalue weighted by atomic mass is 32.2. The molecule has 1 aromatic carbocycles. The highest BCUT2D eigenvalue weighted by Crippen LogP contribution is 2.25. The standard InChI is InChI=1S/C13H13N3O3S2/c1-2-8-3-5-9(6-4-8)11(19)14-12-15-16-13(21-12)20-7-10(17)18/h3-6H,2,7H2,1H3,(H,17,18)(H,14,15,19). The molecule has 21 heavy (non-hydrogen) atoms. The van der Waals surface area contributed by atoms with Crippen LogP contribution in [-0.4, -0.2) is 32.9 Å². The molecule has 0 spiro atoms. The number of aryl methyl sites for hydroxylation is 1. The molecule has 0 atom stereocenters. The summed E-state index contributed by atoms with van der Waals surface area (Å²) in [6.45, 7) is 2.05. The number of carbonyl (C=O) groups is 2. The molecule has 1 aromatic heterocycles. The summed E-state index contributed by atoms with van der Waals surface area (Å²) in [5, 5.41) is 19.2. The van der Waals surface area contributed by atoms with Crippen LogP contribution >= 0.6 is 23.1 Å². The third kappa shape index (κ3) is 4.54. The maximum atomic E-state index is 12.0. The summed E-state index contributed by atoms with van der Waals surface area (Å²) in [5.41, 5.74) is 1.71. The van der Waals surface area contributed by atoms with E-state index in [1.54, 1.807) is 12.1 Å². The van der Waals surface area contributed by atoms with E-state index in [1.807, 2.05) is 19.1 Å². The van der Waals surface area contributed by atoms with E-state index in [-0.39, 0.29) is 11.7 Å². The van der Waals surface area contributed by atoms with Crippen LogP contribution in [-0.2, 0) is 11.2 Å². The van der Waals surface area contributed by atoms with Crippen molar-refractivity contribution in [1.82, 2.24) is 10.2 Å². The number of aromatic nitrogens is 2. The summed E-state index contributed by atoms with van der Waals surface area (Å²) in [6.07, 6.45) is 0.919. The van der Waals surface area contributed by atoms with Crippen LogP contribution in [0.3, 0.4) is 0 Å². The van der Waals surface area contributed by atoms with Gasteiger partial charge in [-0.2, -0.15) is 0 Å². The second kappa shape index (κ2) is 7.19. The van der Waals surface area contributed by atoms with Gasteiger partial charge in [0.1, 0.15) is 0 Å². The molecule has 0 fully saturated rings. The first-order valence-electron chi connectivity index (χ1n) is 6.17. The third-order valence-electron chi connectivity index (χ3n) is 2.57. The summed E-state index contributed by atoms with van der Waals surface area (Å²) in [4.78, 5) is 22.5. The first kappa shape index (κ1) is 15.5. The molecular formula is C13H13N3O3S2. The lowest BCUT2D eigenvalue weighted by Gasteiger charge is -2.02. The smallest absolute Gasteiger partial charge is 0.313 e. The molecule has 2 N–H and O–H groups in total. The minimum atomic E-state index is -0.920. The third-order valence-corrected chi connectivity index (χ3v) is 4.53. The molecule has 0 saturated heterocycles. The predicted molar refractivity (Wildman–Crippen MR) is 82.0 cm³/mol. The van der Waals surface area contributed by atoms with Crippen LogP contribution in [0.15, 0.2) is 28.6 Å². The van der Waals surface area contributed by atoms with Gasteiger partial charge in [0, 0.05) is 5.56 Å². The van der Waals surface area contributed by atoms with E-state index in [1.165, 1.54) is 0 Å². The molecule has 0 bridgehead atoms. The highest BCUT2D eigenvalue weighted by molar-refractivity contribution is 8.01. The number of anilines is 1. The fraction of sp³-hybridized carbons (Fsp3) is 0.231. The Hall–Kier alpha value is -1.93. The second-order valence-corrected chi connectivity index (χ2v) is 6.26. The number of carboxylic acids is 1. The number of nitrogens with zero attached hydrogens (tertiary/aromatic N) is 2. The first-order valence-corrected chi connectivity index (χ1v) is 7.97.